The lowest BCUT2D eigenvalue weighted by atomic mass is 9.92. The minimum Gasteiger partial charge on any atom is -0.484 e. The van der Waals surface area contributed by atoms with Gasteiger partial charge < -0.3 is 15.4 Å². The molecule has 3 atom stereocenters. The molecular formula is C17H23F3N2O2. The Kier molecular flexibility index (Phi) is 6.10. The number of benzene rings is 1. The summed E-state index contributed by atoms with van der Waals surface area (Å²) < 4.78 is 41.0. The number of hydrogen-bond acceptors (Lipinski definition) is 3. The number of carbonyl (C=O) groups excluding carboxylic acids is 1. The molecule has 4 nitrogen and oxygen atoms in total. The second kappa shape index (κ2) is 7.88. The molecule has 1 aliphatic rings. The van der Waals surface area contributed by atoms with Crippen molar-refractivity contribution in [2.75, 3.05) is 13.2 Å². The highest BCUT2D eigenvalue weighted by molar-refractivity contribution is 5.79. The van der Waals surface area contributed by atoms with Gasteiger partial charge in [0, 0.05) is 12.0 Å². The van der Waals surface area contributed by atoms with Crippen LogP contribution < -0.4 is 15.4 Å². The first-order valence-corrected chi connectivity index (χ1v) is 8.08. The average molecular weight is 344 g/mol. The SMILES string of the molecule is CC(NC(=O)[C@H]1CCN[C@@H](C)C1)c1ccc(OCC(F)(F)F)cc1. The molecule has 0 radical (unpaired) electrons. The molecule has 1 fully saturated rings. The number of rotatable bonds is 5. The third kappa shape index (κ3) is 5.70. The van der Waals surface area contributed by atoms with E-state index < -0.39 is 12.8 Å². The fourth-order valence-electron chi connectivity index (χ4n) is 2.80. The Morgan fingerprint density at radius 1 is 1.38 bits per heavy atom. The van der Waals surface area contributed by atoms with Crippen molar-refractivity contribution in [2.45, 2.75) is 44.9 Å². The van der Waals surface area contributed by atoms with Gasteiger partial charge in [0.25, 0.3) is 0 Å². The monoisotopic (exact) mass is 344 g/mol. The van der Waals surface area contributed by atoms with Gasteiger partial charge in [0.1, 0.15) is 5.75 Å². The van der Waals surface area contributed by atoms with Crippen LogP contribution >= 0.6 is 0 Å². The molecule has 2 rings (SSSR count). The summed E-state index contributed by atoms with van der Waals surface area (Å²) in [6.45, 7) is 3.43. The number of alkyl halides is 3. The van der Waals surface area contributed by atoms with E-state index in [1.165, 1.54) is 12.1 Å². The molecule has 1 aliphatic heterocycles. The van der Waals surface area contributed by atoms with Gasteiger partial charge in [-0.05, 0) is 50.9 Å². The van der Waals surface area contributed by atoms with Crippen molar-refractivity contribution in [1.29, 1.82) is 0 Å². The van der Waals surface area contributed by atoms with Crippen molar-refractivity contribution in [2.24, 2.45) is 5.92 Å². The van der Waals surface area contributed by atoms with E-state index in [0.717, 1.165) is 24.9 Å². The van der Waals surface area contributed by atoms with Crippen LogP contribution in [0.15, 0.2) is 24.3 Å². The van der Waals surface area contributed by atoms with Crippen molar-refractivity contribution >= 4 is 5.91 Å². The summed E-state index contributed by atoms with van der Waals surface area (Å²) in [7, 11) is 0. The molecule has 1 aromatic carbocycles. The van der Waals surface area contributed by atoms with E-state index in [1.807, 2.05) is 6.92 Å². The van der Waals surface area contributed by atoms with Crippen LogP contribution in [0.2, 0.25) is 0 Å². The Morgan fingerprint density at radius 3 is 2.62 bits per heavy atom. The predicted octanol–water partition coefficient (Wildman–Crippen LogP) is 3.19. The molecule has 134 valence electrons. The van der Waals surface area contributed by atoms with Gasteiger partial charge in [-0.25, -0.2) is 0 Å². The molecule has 1 amide bonds. The van der Waals surface area contributed by atoms with Gasteiger partial charge in [0.2, 0.25) is 5.91 Å². The Morgan fingerprint density at radius 2 is 2.04 bits per heavy atom. The lowest BCUT2D eigenvalue weighted by Crippen LogP contribution is -2.42. The van der Waals surface area contributed by atoms with Gasteiger partial charge in [-0.3, -0.25) is 4.79 Å². The van der Waals surface area contributed by atoms with E-state index in [0.29, 0.717) is 6.04 Å². The lowest BCUT2D eigenvalue weighted by Gasteiger charge is -2.28. The van der Waals surface area contributed by atoms with Gasteiger partial charge >= 0.3 is 6.18 Å². The zero-order chi connectivity index (χ0) is 17.7. The van der Waals surface area contributed by atoms with Crippen LogP contribution in [-0.2, 0) is 4.79 Å². The maximum Gasteiger partial charge on any atom is 0.422 e. The molecule has 0 saturated carbocycles. The van der Waals surface area contributed by atoms with Gasteiger partial charge in [0.15, 0.2) is 6.61 Å². The van der Waals surface area contributed by atoms with Crippen molar-refractivity contribution in [3.63, 3.8) is 0 Å². The van der Waals surface area contributed by atoms with Crippen LogP contribution in [0.4, 0.5) is 13.2 Å². The van der Waals surface area contributed by atoms with Gasteiger partial charge in [-0.15, -0.1) is 0 Å². The predicted molar refractivity (Wildman–Crippen MR) is 84.7 cm³/mol. The van der Waals surface area contributed by atoms with E-state index in [1.54, 1.807) is 12.1 Å². The lowest BCUT2D eigenvalue weighted by molar-refractivity contribution is -0.153. The molecule has 0 aliphatic carbocycles. The topological polar surface area (TPSA) is 50.4 Å². The van der Waals surface area contributed by atoms with Crippen molar-refractivity contribution < 1.29 is 22.7 Å². The summed E-state index contributed by atoms with van der Waals surface area (Å²) in [5.41, 5.74) is 0.824. The first-order valence-electron chi connectivity index (χ1n) is 8.08. The zero-order valence-electron chi connectivity index (χ0n) is 13.8. The standard InChI is InChI=1S/C17H23F3N2O2/c1-11-9-14(7-8-21-11)16(23)22-12(2)13-3-5-15(6-4-13)24-10-17(18,19)20/h3-6,11-12,14,21H,7-10H2,1-2H3,(H,22,23)/t11-,12?,14-/m0/s1. The second-order valence-electron chi connectivity index (χ2n) is 6.28. The highest BCUT2D eigenvalue weighted by Crippen LogP contribution is 2.22. The first-order chi connectivity index (χ1) is 11.2. The number of hydrogen-bond donors (Lipinski definition) is 2. The van der Waals surface area contributed by atoms with Crippen molar-refractivity contribution in [3.05, 3.63) is 29.8 Å². The van der Waals surface area contributed by atoms with E-state index >= 15 is 0 Å². The van der Waals surface area contributed by atoms with Crippen LogP contribution in [0.5, 0.6) is 5.75 Å². The highest BCUT2D eigenvalue weighted by atomic mass is 19.4. The summed E-state index contributed by atoms with van der Waals surface area (Å²) in [4.78, 5) is 12.3. The largest absolute Gasteiger partial charge is 0.484 e. The quantitative estimate of drug-likeness (QED) is 0.862. The minimum atomic E-state index is -4.36. The Bertz CT molecular complexity index is 546. The first kappa shape index (κ1) is 18.6. The fourth-order valence-corrected chi connectivity index (χ4v) is 2.80. The van der Waals surface area contributed by atoms with Gasteiger partial charge in [-0.2, -0.15) is 13.2 Å². The van der Waals surface area contributed by atoms with Crippen LogP contribution in [0, 0.1) is 5.92 Å². The Balaban J connectivity index is 1.87. The van der Waals surface area contributed by atoms with Crippen LogP contribution in [0.25, 0.3) is 0 Å². The van der Waals surface area contributed by atoms with E-state index in [9.17, 15) is 18.0 Å². The molecule has 24 heavy (non-hydrogen) atoms. The molecule has 0 bridgehead atoms. The number of ether oxygens (including phenoxy) is 1. The molecule has 1 saturated heterocycles. The molecule has 2 N–H and O–H groups in total. The van der Waals surface area contributed by atoms with Crippen LogP contribution in [-0.4, -0.2) is 31.3 Å². The summed E-state index contributed by atoms with van der Waals surface area (Å²) >= 11 is 0. The van der Waals surface area contributed by atoms with E-state index in [-0.39, 0.29) is 23.6 Å². The molecule has 0 aromatic heterocycles. The minimum absolute atomic E-state index is 0.00177. The smallest absolute Gasteiger partial charge is 0.422 e. The maximum absolute atomic E-state index is 12.3. The number of amides is 1. The molecule has 1 unspecified atom stereocenters. The normalized spacial score (nSPS) is 22.7. The summed E-state index contributed by atoms with van der Waals surface area (Å²) in [6.07, 6.45) is -2.73. The molecule has 1 heterocycles. The fraction of sp³-hybridized carbons (Fsp3) is 0.588. The third-order valence-corrected chi connectivity index (χ3v) is 4.14. The average Bonchev–Trinajstić information content (AvgIpc) is 2.52. The number of nitrogens with one attached hydrogen (secondary N) is 2. The Hall–Kier alpha value is -1.76. The summed E-state index contributed by atoms with van der Waals surface area (Å²) in [6, 6.07) is 6.42. The highest BCUT2D eigenvalue weighted by Gasteiger charge is 2.28. The van der Waals surface area contributed by atoms with Crippen molar-refractivity contribution in [3.8, 4) is 5.75 Å². The summed E-state index contributed by atoms with van der Waals surface area (Å²) in [5.74, 6) is 0.174. The summed E-state index contributed by atoms with van der Waals surface area (Å²) in [5, 5.41) is 6.28. The maximum atomic E-state index is 12.3. The number of halogens is 3. The van der Waals surface area contributed by atoms with Gasteiger partial charge in [-0.1, -0.05) is 12.1 Å². The molecule has 1 aromatic rings. The van der Waals surface area contributed by atoms with Crippen molar-refractivity contribution in [1.82, 2.24) is 10.6 Å². The second-order valence-corrected chi connectivity index (χ2v) is 6.28. The van der Waals surface area contributed by atoms with Crippen LogP contribution in [0.1, 0.15) is 38.3 Å². The molecule has 7 heteroatoms. The number of piperidine rings is 1. The zero-order valence-corrected chi connectivity index (χ0v) is 13.8. The van der Waals surface area contributed by atoms with Gasteiger partial charge in [0.05, 0.1) is 6.04 Å². The third-order valence-electron chi connectivity index (χ3n) is 4.14. The van der Waals surface area contributed by atoms with Crippen LogP contribution in [0.3, 0.4) is 0 Å². The Labute approximate surface area is 139 Å². The molecular weight excluding hydrogens is 321 g/mol. The van der Waals surface area contributed by atoms with E-state index in [4.69, 9.17) is 0 Å². The number of carbonyl (C=O) groups is 1. The van der Waals surface area contributed by atoms with E-state index in [2.05, 4.69) is 22.3 Å². The molecule has 0 spiro atoms.